The van der Waals surface area contributed by atoms with Gasteiger partial charge >= 0.3 is 6.18 Å². The van der Waals surface area contributed by atoms with Gasteiger partial charge < -0.3 is 0 Å². The maximum atomic E-state index is 13.9. The summed E-state index contributed by atoms with van der Waals surface area (Å²) in [6.45, 7) is 2.25. The Kier molecular flexibility index (Phi) is 8.19. The number of alkyl halides is 3. The van der Waals surface area contributed by atoms with Crippen LogP contribution in [0.15, 0.2) is 24.3 Å². The number of hydrogen-bond donors (Lipinski definition) is 0. The first-order valence-corrected chi connectivity index (χ1v) is 11.5. The van der Waals surface area contributed by atoms with E-state index in [2.05, 4.69) is 24.8 Å². The van der Waals surface area contributed by atoms with E-state index >= 15 is 0 Å². The molecule has 0 amide bonds. The third-order valence-electron chi connectivity index (χ3n) is 6.87. The van der Waals surface area contributed by atoms with Crippen LogP contribution >= 0.6 is 0 Å². The molecule has 0 bridgehead atoms. The van der Waals surface area contributed by atoms with E-state index in [9.17, 15) is 22.0 Å². The van der Waals surface area contributed by atoms with Crippen LogP contribution in [-0.2, 0) is 6.18 Å². The lowest BCUT2D eigenvalue weighted by Gasteiger charge is -2.26. The fourth-order valence-corrected chi connectivity index (χ4v) is 5.10. The molecule has 5 heteroatoms. The molecule has 2 saturated carbocycles. The minimum atomic E-state index is -5.03. The molecule has 0 N–H and O–H groups in total. The quantitative estimate of drug-likeness (QED) is 0.327. The average Bonchev–Trinajstić information content (AvgIpc) is 2.71. The number of rotatable bonds is 4. The number of benzene rings is 1. The SMILES string of the molecule is CCC[C@H]1CC[C@H](/C=C/C#C[C@H]2CC[C@H](c3cc(F)c(C(F)(F)F)c(F)c3)CC2)CC1. The van der Waals surface area contributed by atoms with Crippen LogP contribution in [0.1, 0.15) is 88.2 Å². The van der Waals surface area contributed by atoms with Gasteiger partial charge in [0.15, 0.2) is 0 Å². The van der Waals surface area contributed by atoms with Crippen molar-refractivity contribution < 1.29 is 22.0 Å². The Morgan fingerprint density at radius 3 is 2.10 bits per heavy atom. The van der Waals surface area contributed by atoms with Crippen molar-refractivity contribution in [3.63, 3.8) is 0 Å². The number of halogens is 5. The summed E-state index contributed by atoms with van der Waals surface area (Å²) in [4.78, 5) is 0. The van der Waals surface area contributed by atoms with Crippen molar-refractivity contribution in [2.75, 3.05) is 0 Å². The number of allylic oxidation sites excluding steroid dienone is 2. The summed E-state index contributed by atoms with van der Waals surface area (Å²) in [6.07, 6.45) is 9.82. The van der Waals surface area contributed by atoms with Crippen LogP contribution in [0.25, 0.3) is 0 Å². The normalized spacial score (nSPS) is 27.2. The highest BCUT2D eigenvalue weighted by Gasteiger charge is 2.38. The lowest BCUT2D eigenvalue weighted by atomic mass is 9.78. The molecule has 1 aromatic rings. The summed E-state index contributed by atoms with van der Waals surface area (Å²) >= 11 is 0. The summed E-state index contributed by atoms with van der Waals surface area (Å²) in [5.74, 6) is 5.00. The van der Waals surface area contributed by atoms with Crippen LogP contribution in [0, 0.1) is 41.2 Å². The molecular formula is C26H31F5. The molecule has 170 valence electrons. The topological polar surface area (TPSA) is 0 Å². The van der Waals surface area contributed by atoms with E-state index < -0.39 is 23.4 Å². The van der Waals surface area contributed by atoms with E-state index in [0.29, 0.717) is 24.3 Å². The fraction of sp³-hybridized carbons (Fsp3) is 0.615. The zero-order valence-corrected chi connectivity index (χ0v) is 18.1. The Balaban J connectivity index is 1.49. The van der Waals surface area contributed by atoms with Crippen LogP contribution in [-0.4, -0.2) is 0 Å². The second-order valence-corrected chi connectivity index (χ2v) is 9.12. The van der Waals surface area contributed by atoms with E-state index in [1.807, 2.05) is 6.08 Å². The van der Waals surface area contributed by atoms with Crippen molar-refractivity contribution in [3.05, 3.63) is 47.0 Å². The van der Waals surface area contributed by atoms with Gasteiger partial charge in [0.25, 0.3) is 0 Å². The van der Waals surface area contributed by atoms with Crippen molar-refractivity contribution in [2.45, 2.75) is 83.2 Å². The van der Waals surface area contributed by atoms with E-state index in [4.69, 9.17) is 0 Å². The van der Waals surface area contributed by atoms with E-state index in [1.54, 1.807) is 0 Å². The van der Waals surface area contributed by atoms with Crippen LogP contribution in [0.4, 0.5) is 22.0 Å². The van der Waals surface area contributed by atoms with Crippen LogP contribution in [0.5, 0.6) is 0 Å². The maximum Gasteiger partial charge on any atom is 0.422 e. The summed E-state index contributed by atoms with van der Waals surface area (Å²) in [5.41, 5.74) is -1.49. The average molecular weight is 439 g/mol. The Morgan fingerprint density at radius 2 is 1.55 bits per heavy atom. The summed E-state index contributed by atoms with van der Waals surface area (Å²) in [7, 11) is 0. The van der Waals surface area contributed by atoms with Crippen molar-refractivity contribution in [1.82, 2.24) is 0 Å². The Hall–Kier alpha value is -1.83. The standard InChI is InChI=1S/C26H31F5/c1-2-5-18-8-10-19(11-9-18)6-3-4-7-20-12-14-21(15-13-20)22-16-23(27)25(24(28)17-22)26(29,30)31/h3,6,16-21H,2,5,8-15H2,1H3/b6-3+/t18-,19-,20-,21-. The number of hydrogen-bond acceptors (Lipinski definition) is 0. The van der Waals surface area contributed by atoms with E-state index in [0.717, 1.165) is 30.9 Å². The molecule has 31 heavy (non-hydrogen) atoms. The molecule has 3 rings (SSSR count). The van der Waals surface area contributed by atoms with Crippen molar-refractivity contribution in [2.24, 2.45) is 17.8 Å². The van der Waals surface area contributed by atoms with Gasteiger partial charge in [-0.2, -0.15) is 13.2 Å². The van der Waals surface area contributed by atoms with E-state index in [1.165, 1.54) is 38.5 Å². The maximum absolute atomic E-state index is 13.9. The second kappa shape index (κ2) is 10.7. The molecule has 2 fully saturated rings. The lowest BCUT2D eigenvalue weighted by molar-refractivity contribution is -0.142. The fourth-order valence-electron chi connectivity index (χ4n) is 5.10. The van der Waals surface area contributed by atoms with Crippen LogP contribution in [0.2, 0.25) is 0 Å². The third kappa shape index (κ3) is 6.57. The first-order chi connectivity index (χ1) is 14.8. The Labute approximate surface area is 182 Å². The highest BCUT2D eigenvalue weighted by molar-refractivity contribution is 5.31. The molecule has 0 aliphatic heterocycles. The summed E-state index contributed by atoms with van der Waals surface area (Å²) in [5, 5.41) is 0. The molecule has 0 spiro atoms. The van der Waals surface area contributed by atoms with Crippen LogP contribution in [0.3, 0.4) is 0 Å². The highest BCUT2D eigenvalue weighted by Crippen LogP contribution is 2.39. The van der Waals surface area contributed by atoms with Crippen molar-refractivity contribution in [1.29, 1.82) is 0 Å². The third-order valence-corrected chi connectivity index (χ3v) is 6.87. The molecule has 0 nitrogen and oxygen atoms in total. The molecule has 2 aliphatic rings. The predicted octanol–water partition coefficient (Wildman–Crippen LogP) is 8.42. The van der Waals surface area contributed by atoms with Gasteiger partial charge in [-0.3, -0.25) is 0 Å². The molecule has 0 saturated heterocycles. The van der Waals surface area contributed by atoms with Gasteiger partial charge in [0.1, 0.15) is 17.2 Å². The largest absolute Gasteiger partial charge is 0.422 e. The molecule has 0 unspecified atom stereocenters. The molecule has 2 aliphatic carbocycles. The highest BCUT2D eigenvalue weighted by atomic mass is 19.4. The summed E-state index contributed by atoms with van der Waals surface area (Å²) < 4.78 is 66.0. The van der Waals surface area contributed by atoms with Gasteiger partial charge in [-0.15, -0.1) is 0 Å². The first-order valence-electron chi connectivity index (χ1n) is 11.5. The summed E-state index contributed by atoms with van der Waals surface area (Å²) in [6, 6.07) is 1.70. The first kappa shape index (κ1) is 23.8. The van der Waals surface area contributed by atoms with Gasteiger partial charge in [-0.05, 0) is 92.9 Å². The molecule has 0 aromatic heterocycles. The van der Waals surface area contributed by atoms with Gasteiger partial charge in [0, 0.05) is 5.92 Å². The van der Waals surface area contributed by atoms with E-state index in [-0.39, 0.29) is 11.8 Å². The van der Waals surface area contributed by atoms with Crippen LogP contribution < -0.4 is 0 Å². The minimum Gasteiger partial charge on any atom is -0.206 e. The van der Waals surface area contributed by atoms with Gasteiger partial charge in [-0.1, -0.05) is 37.7 Å². The smallest absolute Gasteiger partial charge is 0.206 e. The van der Waals surface area contributed by atoms with Crippen molar-refractivity contribution in [3.8, 4) is 11.8 Å². The molecule has 0 heterocycles. The van der Waals surface area contributed by atoms with Gasteiger partial charge in [0.2, 0.25) is 0 Å². The molecule has 0 radical (unpaired) electrons. The molecular weight excluding hydrogens is 407 g/mol. The van der Waals surface area contributed by atoms with Gasteiger partial charge in [-0.25, -0.2) is 8.78 Å². The zero-order chi connectivity index (χ0) is 22.4. The molecule has 0 atom stereocenters. The second-order valence-electron chi connectivity index (χ2n) is 9.12. The minimum absolute atomic E-state index is 0.127. The monoisotopic (exact) mass is 438 g/mol. The zero-order valence-electron chi connectivity index (χ0n) is 18.1. The van der Waals surface area contributed by atoms with Gasteiger partial charge in [0.05, 0.1) is 0 Å². The lowest BCUT2D eigenvalue weighted by Crippen LogP contribution is -2.15. The Bertz CT molecular complexity index is 787. The van der Waals surface area contributed by atoms with Crippen molar-refractivity contribution >= 4 is 0 Å². The predicted molar refractivity (Wildman–Crippen MR) is 113 cm³/mol. The Morgan fingerprint density at radius 1 is 0.935 bits per heavy atom. The molecule has 1 aromatic carbocycles.